The Morgan fingerprint density at radius 2 is 1.44 bits per heavy atom. The SMILES string of the molecule is C.FF.N=N.Nc1nc(Cl)c(C=O)c(Cl)n1.Nc1nc(Cl)c2cn[nH]c2n1.[HH]. The third-order valence-corrected chi connectivity index (χ3v) is 3.13. The second kappa shape index (κ2) is 13.4. The van der Waals surface area contributed by atoms with Crippen LogP contribution < -0.4 is 11.5 Å². The minimum absolute atomic E-state index is 0. The van der Waals surface area contributed by atoms with E-state index < -0.39 is 0 Å². The van der Waals surface area contributed by atoms with Crippen LogP contribution in [0.15, 0.2) is 6.20 Å². The number of nitrogens with one attached hydrogen (secondary N) is 3. The van der Waals surface area contributed by atoms with Gasteiger partial charge in [0.05, 0.1) is 17.1 Å². The van der Waals surface area contributed by atoms with Crippen molar-refractivity contribution in [2.45, 2.75) is 7.43 Å². The van der Waals surface area contributed by atoms with Crippen molar-refractivity contribution >= 4 is 64.0 Å². The zero-order chi connectivity index (χ0) is 20.3. The van der Waals surface area contributed by atoms with Gasteiger partial charge in [0.15, 0.2) is 11.9 Å². The Balaban J connectivity index is -0.000000357. The number of rotatable bonds is 1. The van der Waals surface area contributed by atoms with Gasteiger partial charge in [0, 0.05) is 10.6 Å². The summed E-state index contributed by atoms with van der Waals surface area (Å²) in [4.78, 5) is 24.9. The minimum Gasteiger partial charge on any atom is -0.368 e. The Morgan fingerprint density at radius 1 is 1.00 bits per heavy atom. The van der Waals surface area contributed by atoms with Crippen molar-refractivity contribution < 1.29 is 15.4 Å². The first kappa shape index (κ1) is 26.5. The van der Waals surface area contributed by atoms with Gasteiger partial charge in [-0.3, -0.25) is 9.89 Å². The molecule has 0 atom stereocenters. The van der Waals surface area contributed by atoms with Gasteiger partial charge in [-0.2, -0.15) is 10.1 Å². The number of halogens is 5. The maximum atomic E-state index is 10.3. The van der Waals surface area contributed by atoms with Crippen LogP contribution in [0.2, 0.25) is 15.5 Å². The third kappa shape index (κ3) is 7.55. The summed E-state index contributed by atoms with van der Waals surface area (Å²) >= 11 is 16.7. The van der Waals surface area contributed by atoms with Gasteiger partial charge in [-0.05, 0) is 0 Å². The van der Waals surface area contributed by atoms with Gasteiger partial charge < -0.3 is 11.5 Å². The van der Waals surface area contributed by atoms with E-state index in [-0.39, 0.29) is 36.6 Å². The number of nitrogen functional groups attached to an aromatic ring is 2. The normalized spacial score (nSPS) is 8.63. The van der Waals surface area contributed by atoms with Gasteiger partial charge in [-0.15, -0.1) is 0 Å². The summed E-state index contributed by atoms with van der Waals surface area (Å²) in [5.41, 5.74) is 21.1. The van der Waals surface area contributed by atoms with Crippen LogP contribution in [-0.4, -0.2) is 36.4 Å². The van der Waals surface area contributed by atoms with E-state index in [1.54, 1.807) is 6.20 Å². The lowest BCUT2D eigenvalue weighted by molar-refractivity contribution is 0.108. The molecule has 0 unspecified atom stereocenters. The predicted molar refractivity (Wildman–Crippen MR) is 99.5 cm³/mol. The summed E-state index contributed by atoms with van der Waals surface area (Å²) in [6, 6.07) is 0. The minimum atomic E-state index is -0.0504. The molecule has 0 aliphatic heterocycles. The zero-order valence-corrected chi connectivity index (χ0v) is 14.6. The average Bonchev–Trinajstić information content (AvgIpc) is 3.07. The maximum absolute atomic E-state index is 10.3. The molecule has 0 spiro atoms. The van der Waals surface area contributed by atoms with Gasteiger partial charge in [0.2, 0.25) is 11.9 Å². The van der Waals surface area contributed by atoms with E-state index in [0.717, 1.165) is 0 Å². The molecule has 3 rings (SSSR count). The summed E-state index contributed by atoms with van der Waals surface area (Å²) in [6.07, 6.45) is 2.03. The van der Waals surface area contributed by atoms with Crippen LogP contribution in [0.3, 0.4) is 0 Å². The first-order valence-electron chi connectivity index (χ1n) is 5.87. The molecule has 0 amide bonds. The Bertz CT molecular complexity index is 849. The van der Waals surface area contributed by atoms with Gasteiger partial charge in [0.1, 0.15) is 15.5 Å². The van der Waals surface area contributed by atoms with Crippen LogP contribution in [0.25, 0.3) is 11.0 Å². The summed E-state index contributed by atoms with van der Waals surface area (Å²) in [6.45, 7) is 0. The largest absolute Gasteiger partial charge is 0.368 e. The Labute approximate surface area is 167 Å². The van der Waals surface area contributed by atoms with Crippen LogP contribution in [0.4, 0.5) is 21.0 Å². The standard InChI is InChI=1S/C5H3Cl2N3O.C5H4ClN5.CH4.F2.H2N2.H2/c6-3-2(1-11)4(7)10-5(8)9-3;6-3-2-1-8-11-4(2)10-5(7)9-3;;2*1-2;/h1H,(H2,8,9,10);1H,(H3,7,8,9,10,11);1H4;;1-2H;1H. The van der Waals surface area contributed by atoms with Crippen molar-refractivity contribution in [3.05, 3.63) is 27.2 Å². The van der Waals surface area contributed by atoms with Crippen LogP contribution in [-0.2, 0) is 0 Å². The van der Waals surface area contributed by atoms with E-state index in [1.165, 1.54) is 0 Å². The lowest BCUT2D eigenvalue weighted by Gasteiger charge is -1.97. The number of fused-ring (bicyclic) bond motifs is 1. The Kier molecular flexibility index (Phi) is 13.2. The number of hydrogen-bond donors (Lipinski definition) is 5. The fraction of sp³-hybridized carbons (Fsp3) is 0.0909. The second-order valence-corrected chi connectivity index (χ2v) is 4.77. The number of hydrogen-bond acceptors (Lipinski definition) is 10. The number of anilines is 2. The van der Waals surface area contributed by atoms with Gasteiger partial charge >= 0.3 is 0 Å². The topological polar surface area (TPSA) is 197 Å². The van der Waals surface area contributed by atoms with Crippen molar-refractivity contribution in [1.29, 1.82) is 11.1 Å². The van der Waals surface area contributed by atoms with E-state index in [1.807, 2.05) is 0 Å². The summed E-state index contributed by atoms with van der Waals surface area (Å²) in [5, 5.41) is 7.31. The monoisotopic (exact) mass is 446 g/mol. The molecule has 3 aromatic rings. The van der Waals surface area contributed by atoms with E-state index in [0.29, 0.717) is 22.5 Å². The highest BCUT2D eigenvalue weighted by Crippen LogP contribution is 2.19. The molecule has 0 fully saturated rings. The van der Waals surface area contributed by atoms with Gasteiger partial charge in [0.25, 0.3) is 0 Å². The van der Waals surface area contributed by atoms with Crippen molar-refractivity contribution in [2.75, 3.05) is 11.5 Å². The second-order valence-electron chi connectivity index (χ2n) is 3.70. The smallest absolute Gasteiger partial charge is 0.223 e. The van der Waals surface area contributed by atoms with Crippen molar-refractivity contribution in [2.24, 2.45) is 0 Å². The molecule has 11 nitrogen and oxygen atoms in total. The first-order valence-corrected chi connectivity index (χ1v) is 7.00. The quantitative estimate of drug-likeness (QED) is 0.209. The maximum Gasteiger partial charge on any atom is 0.223 e. The highest BCUT2D eigenvalue weighted by molar-refractivity contribution is 6.37. The van der Waals surface area contributed by atoms with E-state index in [4.69, 9.17) is 66.5 Å². The van der Waals surface area contributed by atoms with Crippen LogP contribution in [0.1, 0.15) is 19.2 Å². The van der Waals surface area contributed by atoms with Gasteiger partial charge in [-0.25, -0.2) is 26.0 Å². The average molecular weight is 448 g/mol. The molecule has 3 heterocycles. The van der Waals surface area contributed by atoms with E-state index in [2.05, 4.69) is 30.1 Å². The number of carbonyl (C=O) groups excluding carboxylic acids is 1. The molecule has 150 valence electrons. The molecule has 3 aromatic heterocycles. The number of aldehydes is 1. The first-order chi connectivity index (χ1) is 12.4. The number of H-pyrrole nitrogens is 1. The number of nitrogens with zero attached hydrogens (tertiary/aromatic N) is 5. The molecule has 16 heteroatoms. The fourth-order valence-corrected chi connectivity index (χ4v) is 2.06. The molecule has 0 aliphatic rings. The van der Waals surface area contributed by atoms with Crippen molar-refractivity contribution in [3.8, 4) is 0 Å². The molecule has 0 bridgehead atoms. The summed E-state index contributed by atoms with van der Waals surface area (Å²) < 4.78 is 16.0. The van der Waals surface area contributed by atoms with Crippen LogP contribution in [0.5, 0.6) is 0 Å². The highest BCUT2D eigenvalue weighted by Gasteiger charge is 2.08. The molecule has 0 aliphatic carbocycles. The molecular formula is C11H15Cl3F2N10O. The third-order valence-electron chi connectivity index (χ3n) is 2.27. The summed E-state index contributed by atoms with van der Waals surface area (Å²) in [5.74, 6) is 0.0948. The van der Waals surface area contributed by atoms with Crippen LogP contribution >= 0.6 is 34.8 Å². The molecule has 0 saturated heterocycles. The zero-order valence-electron chi connectivity index (χ0n) is 12.3. The predicted octanol–water partition coefficient (Wildman–Crippen LogP) is 4.09. The van der Waals surface area contributed by atoms with Gasteiger partial charge in [-0.1, -0.05) is 42.2 Å². The lowest BCUT2D eigenvalue weighted by atomic mass is 10.4. The number of aromatic nitrogens is 6. The van der Waals surface area contributed by atoms with Crippen molar-refractivity contribution in [1.82, 2.24) is 30.1 Å². The molecule has 7 N–H and O–H groups in total. The van der Waals surface area contributed by atoms with Crippen LogP contribution in [0, 0.1) is 11.1 Å². The highest BCUT2D eigenvalue weighted by atomic mass is 35.5. The Morgan fingerprint density at radius 3 is 1.93 bits per heavy atom. The lowest BCUT2D eigenvalue weighted by Crippen LogP contribution is -1.99. The molecule has 0 radical (unpaired) electrons. The fourth-order valence-electron chi connectivity index (χ4n) is 1.34. The number of nitrogens with two attached hydrogens (primary N) is 2. The van der Waals surface area contributed by atoms with Crippen molar-refractivity contribution in [3.63, 3.8) is 0 Å². The van der Waals surface area contributed by atoms with E-state index in [9.17, 15) is 4.79 Å². The molecule has 27 heavy (non-hydrogen) atoms. The summed E-state index contributed by atoms with van der Waals surface area (Å²) in [7, 11) is 0. The number of carbonyl (C=O) groups is 1. The molecule has 0 aromatic carbocycles. The number of aromatic amines is 1. The molecule has 0 saturated carbocycles. The van der Waals surface area contributed by atoms with E-state index >= 15 is 0 Å². The molecular weight excluding hydrogens is 433 g/mol. The Hall–Kier alpha value is -2.77.